The molecule has 0 spiro atoms. The average molecular weight is 299 g/mol. The smallest absolute Gasteiger partial charge is 0.132 e. The molecular formula is C17H21N3S. The minimum Gasteiger partial charge on any atom is -0.369 e. The van der Waals surface area contributed by atoms with Crippen LogP contribution in [-0.4, -0.2) is 22.3 Å². The van der Waals surface area contributed by atoms with E-state index in [1.807, 2.05) is 11.8 Å². The highest BCUT2D eigenvalue weighted by molar-refractivity contribution is 7.99. The lowest BCUT2D eigenvalue weighted by Crippen LogP contribution is -2.10. The maximum atomic E-state index is 4.46. The molecule has 1 aliphatic rings. The Morgan fingerprint density at radius 3 is 2.76 bits per heavy atom. The Labute approximate surface area is 130 Å². The Hall–Kier alpha value is -1.55. The summed E-state index contributed by atoms with van der Waals surface area (Å²) < 4.78 is 0. The summed E-state index contributed by atoms with van der Waals surface area (Å²) in [6.07, 6.45) is 7.74. The van der Waals surface area contributed by atoms with Crippen molar-refractivity contribution in [3.63, 3.8) is 0 Å². The van der Waals surface area contributed by atoms with Crippen LogP contribution in [0, 0.1) is 0 Å². The summed E-state index contributed by atoms with van der Waals surface area (Å²) >= 11 is 1.88. The van der Waals surface area contributed by atoms with E-state index in [9.17, 15) is 0 Å². The molecule has 0 radical (unpaired) electrons. The molecule has 0 unspecified atom stereocenters. The molecule has 1 aromatic heterocycles. The van der Waals surface area contributed by atoms with Gasteiger partial charge in [0.2, 0.25) is 0 Å². The van der Waals surface area contributed by atoms with Crippen molar-refractivity contribution in [2.45, 2.75) is 37.0 Å². The molecular weight excluding hydrogens is 278 g/mol. The number of nitrogens with one attached hydrogen (secondary N) is 1. The number of thioether (sulfide) groups is 1. The highest BCUT2D eigenvalue weighted by atomic mass is 32.2. The Kier molecular flexibility index (Phi) is 5.11. The number of nitrogens with zero attached hydrogens (tertiary/aromatic N) is 2. The molecule has 0 aliphatic heterocycles. The minimum absolute atomic E-state index is 0.934. The van der Waals surface area contributed by atoms with Crippen LogP contribution in [0.25, 0.3) is 0 Å². The molecule has 0 saturated carbocycles. The summed E-state index contributed by atoms with van der Waals surface area (Å²) in [5.74, 6) is 2.10. The fraction of sp³-hybridized carbons (Fsp3) is 0.412. The van der Waals surface area contributed by atoms with Gasteiger partial charge in [0.05, 0.1) is 0 Å². The van der Waals surface area contributed by atoms with Gasteiger partial charge in [-0.15, -0.1) is 11.8 Å². The second-order valence-corrected chi connectivity index (χ2v) is 6.46. The molecule has 1 aromatic carbocycles. The first-order valence-electron chi connectivity index (χ1n) is 7.68. The number of anilines is 1. The Balaban J connectivity index is 1.56. The van der Waals surface area contributed by atoms with E-state index in [0.717, 1.165) is 31.0 Å². The summed E-state index contributed by atoms with van der Waals surface area (Å²) in [5.41, 5.74) is 2.60. The van der Waals surface area contributed by atoms with Crippen molar-refractivity contribution in [3.05, 3.63) is 47.9 Å². The van der Waals surface area contributed by atoms with Gasteiger partial charge in [0.1, 0.15) is 12.1 Å². The summed E-state index contributed by atoms with van der Waals surface area (Å²) in [6, 6.07) is 10.5. The van der Waals surface area contributed by atoms with Crippen LogP contribution in [-0.2, 0) is 12.8 Å². The van der Waals surface area contributed by atoms with Crippen molar-refractivity contribution >= 4 is 17.6 Å². The number of rotatable bonds is 5. The molecule has 1 heterocycles. The van der Waals surface area contributed by atoms with Gasteiger partial charge in [-0.05, 0) is 37.8 Å². The van der Waals surface area contributed by atoms with Gasteiger partial charge in [0, 0.05) is 28.5 Å². The molecule has 0 fully saturated rings. The van der Waals surface area contributed by atoms with Crippen molar-refractivity contribution < 1.29 is 0 Å². The average Bonchev–Trinajstić information content (AvgIpc) is 2.78. The molecule has 4 heteroatoms. The third kappa shape index (κ3) is 3.97. The fourth-order valence-electron chi connectivity index (χ4n) is 2.71. The third-order valence-corrected chi connectivity index (χ3v) is 4.80. The Morgan fingerprint density at radius 1 is 1.00 bits per heavy atom. The van der Waals surface area contributed by atoms with Crippen molar-refractivity contribution in [2.24, 2.45) is 0 Å². The first-order chi connectivity index (χ1) is 10.4. The second kappa shape index (κ2) is 7.46. The van der Waals surface area contributed by atoms with Crippen molar-refractivity contribution in [3.8, 4) is 0 Å². The zero-order chi connectivity index (χ0) is 14.3. The van der Waals surface area contributed by atoms with Crippen LogP contribution < -0.4 is 5.32 Å². The van der Waals surface area contributed by atoms with Crippen LogP contribution >= 0.6 is 11.8 Å². The standard InChI is InChI=1S/C17H21N3S/c1-3-7-14(8-4-1)21-12-11-18-17-15-9-5-2-6-10-16(15)19-13-20-17/h1,3-4,7-8,13H,2,5-6,9-12H2,(H,18,19,20). The van der Waals surface area contributed by atoms with Crippen molar-refractivity contribution in [1.29, 1.82) is 0 Å². The molecule has 3 nitrogen and oxygen atoms in total. The van der Waals surface area contributed by atoms with Crippen molar-refractivity contribution in [2.75, 3.05) is 17.6 Å². The summed E-state index contributed by atoms with van der Waals surface area (Å²) in [7, 11) is 0. The normalized spacial score (nSPS) is 14.3. The van der Waals surface area contributed by atoms with Gasteiger partial charge in [-0.25, -0.2) is 9.97 Å². The molecule has 0 saturated heterocycles. The van der Waals surface area contributed by atoms with E-state index in [-0.39, 0.29) is 0 Å². The van der Waals surface area contributed by atoms with Crippen LogP contribution in [0.4, 0.5) is 5.82 Å². The van der Waals surface area contributed by atoms with E-state index in [1.54, 1.807) is 6.33 Å². The molecule has 110 valence electrons. The third-order valence-electron chi connectivity index (χ3n) is 3.78. The number of fused-ring (bicyclic) bond motifs is 1. The molecule has 0 amide bonds. The number of hydrogen-bond acceptors (Lipinski definition) is 4. The highest BCUT2D eigenvalue weighted by Crippen LogP contribution is 2.24. The van der Waals surface area contributed by atoms with E-state index in [4.69, 9.17) is 0 Å². The van der Waals surface area contributed by atoms with E-state index in [1.165, 1.54) is 35.4 Å². The van der Waals surface area contributed by atoms with E-state index >= 15 is 0 Å². The molecule has 1 N–H and O–H groups in total. The van der Waals surface area contributed by atoms with E-state index in [2.05, 4.69) is 45.6 Å². The number of aromatic nitrogens is 2. The predicted molar refractivity (Wildman–Crippen MR) is 88.9 cm³/mol. The molecule has 3 rings (SSSR count). The maximum absolute atomic E-state index is 4.46. The largest absolute Gasteiger partial charge is 0.369 e. The van der Waals surface area contributed by atoms with E-state index < -0.39 is 0 Å². The van der Waals surface area contributed by atoms with E-state index in [0.29, 0.717) is 0 Å². The van der Waals surface area contributed by atoms with Crippen LogP contribution in [0.15, 0.2) is 41.6 Å². The SMILES string of the molecule is c1ccc(SCCNc2ncnc3c2CCCCC3)cc1. The summed E-state index contributed by atoms with van der Waals surface area (Å²) in [4.78, 5) is 10.2. The van der Waals surface area contributed by atoms with Gasteiger partial charge < -0.3 is 5.32 Å². The van der Waals surface area contributed by atoms with Crippen molar-refractivity contribution in [1.82, 2.24) is 9.97 Å². The summed E-state index contributed by atoms with van der Waals surface area (Å²) in [6.45, 7) is 0.934. The topological polar surface area (TPSA) is 37.8 Å². The number of aryl methyl sites for hydroxylation is 1. The lowest BCUT2D eigenvalue weighted by Gasteiger charge is -2.12. The molecule has 2 aromatic rings. The van der Waals surface area contributed by atoms with Crippen LogP contribution in [0.5, 0.6) is 0 Å². The lowest BCUT2D eigenvalue weighted by molar-refractivity contribution is 0.709. The zero-order valence-corrected chi connectivity index (χ0v) is 13.0. The second-order valence-electron chi connectivity index (χ2n) is 5.30. The maximum Gasteiger partial charge on any atom is 0.132 e. The van der Waals surface area contributed by atoms with Gasteiger partial charge in [-0.2, -0.15) is 0 Å². The van der Waals surface area contributed by atoms with Gasteiger partial charge >= 0.3 is 0 Å². The molecule has 1 aliphatic carbocycles. The summed E-state index contributed by atoms with van der Waals surface area (Å²) in [5, 5.41) is 3.50. The first-order valence-corrected chi connectivity index (χ1v) is 8.66. The number of hydrogen-bond donors (Lipinski definition) is 1. The van der Waals surface area contributed by atoms with Gasteiger partial charge in [0.15, 0.2) is 0 Å². The van der Waals surface area contributed by atoms with Gasteiger partial charge in [0.25, 0.3) is 0 Å². The molecule has 0 atom stereocenters. The van der Waals surface area contributed by atoms with Crippen LogP contribution in [0.1, 0.15) is 30.5 Å². The quantitative estimate of drug-likeness (QED) is 0.515. The Morgan fingerprint density at radius 2 is 1.86 bits per heavy atom. The molecule has 0 bridgehead atoms. The monoisotopic (exact) mass is 299 g/mol. The number of benzene rings is 1. The van der Waals surface area contributed by atoms with Crippen LogP contribution in [0.3, 0.4) is 0 Å². The van der Waals surface area contributed by atoms with Crippen LogP contribution in [0.2, 0.25) is 0 Å². The molecule has 21 heavy (non-hydrogen) atoms. The highest BCUT2D eigenvalue weighted by Gasteiger charge is 2.13. The van der Waals surface area contributed by atoms with Gasteiger partial charge in [-0.3, -0.25) is 0 Å². The van der Waals surface area contributed by atoms with Gasteiger partial charge in [-0.1, -0.05) is 24.6 Å². The predicted octanol–water partition coefficient (Wildman–Crippen LogP) is 3.95. The lowest BCUT2D eigenvalue weighted by atomic mass is 10.1. The Bertz CT molecular complexity index is 572. The fourth-order valence-corrected chi connectivity index (χ4v) is 3.49. The first kappa shape index (κ1) is 14.4. The zero-order valence-electron chi connectivity index (χ0n) is 12.2. The minimum atomic E-state index is 0.934.